The maximum Gasteiger partial charge on any atom is 1.00 e. The second kappa shape index (κ2) is 11.4. The first-order valence-corrected chi connectivity index (χ1v) is 2.62. The van der Waals surface area contributed by atoms with E-state index in [0.717, 1.165) is 0 Å². The predicted molar refractivity (Wildman–Crippen MR) is 35.3 cm³/mol. The summed E-state index contributed by atoms with van der Waals surface area (Å²) in [6, 6.07) is 0. The Morgan fingerprint density at radius 2 is 0.412 bits per heavy atom. The van der Waals surface area contributed by atoms with Crippen molar-refractivity contribution in [3.8, 4) is 0 Å². The zero-order valence-electron chi connectivity index (χ0n) is 8.77. The maximum atomic E-state index is 9.75. The molecule has 0 saturated carbocycles. The van der Waals surface area contributed by atoms with Crippen LogP contribution in [0.2, 0.25) is 0 Å². The molecule has 17 heteroatoms. The minimum atomic E-state index is -6.00. The number of halogens is 12. The summed E-state index contributed by atoms with van der Waals surface area (Å²) in [6.07, 6.45) is 0. The number of hydrogen-bond donors (Lipinski definition) is 0. The fourth-order valence-electron chi connectivity index (χ4n) is 0. The first-order valence-electron chi connectivity index (χ1n) is 2.62. The molecule has 0 aliphatic heterocycles. The van der Waals surface area contributed by atoms with Gasteiger partial charge in [-0.1, -0.05) is 0 Å². The van der Waals surface area contributed by atoms with Gasteiger partial charge in [-0.15, -0.1) is 0 Å². The largest absolute Gasteiger partial charge is 1.00 e. The molecule has 0 radical (unpaired) electrons. The summed E-state index contributed by atoms with van der Waals surface area (Å²) in [5.41, 5.74) is 0. The van der Waals surface area contributed by atoms with E-state index in [4.69, 9.17) is 0 Å². The van der Waals surface area contributed by atoms with Crippen molar-refractivity contribution in [2.75, 3.05) is 0 Å². The van der Waals surface area contributed by atoms with Crippen LogP contribution in [0.4, 0.5) is 51.8 Å². The van der Waals surface area contributed by atoms with E-state index >= 15 is 0 Å². The van der Waals surface area contributed by atoms with Crippen LogP contribution < -0.4 is 29.6 Å². The Kier molecular flexibility index (Phi) is 20.4. The van der Waals surface area contributed by atoms with Gasteiger partial charge in [-0.05, 0) is 0 Å². The molecule has 0 aromatic rings. The monoisotopic (exact) mass is 303 g/mol. The molecular weight excluding hydrogens is 299 g/mol. The van der Waals surface area contributed by atoms with E-state index in [1.165, 1.54) is 0 Å². The predicted octanol–water partition coefficient (Wildman–Crippen LogP) is 0.192. The van der Waals surface area contributed by atoms with Crippen molar-refractivity contribution in [1.29, 1.82) is 0 Å². The average Bonchev–Trinajstić information content (AvgIpc) is 1.41. The quantitative estimate of drug-likeness (QED) is 0.452. The summed E-state index contributed by atoms with van der Waals surface area (Å²) in [5.74, 6) is 0. The van der Waals surface area contributed by atoms with Gasteiger partial charge in [0.15, 0.2) is 0 Å². The zero-order valence-corrected chi connectivity index (χ0v) is 9.77. The van der Waals surface area contributed by atoms with Crippen molar-refractivity contribution in [2.45, 2.75) is 0 Å². The van der Waals surface area contributed by atoms with Gasteiger partial charge in [0.2, 0.25) is 0 Å². The van der Waals surface area contributed by atoms with Gasteiger partial charge in [0, 0.05) is 0 Å². The number of rotatable bonds is 0. The third-order valence-electron chi connectivity index (χ3n) is 0. The molecule has 0 aliphatic carbocycles. The van der Waals surface area contributed by atoms with E-state index in [9.17, 15) is 51.8 Å². The van der Waals surface area contributed by atoms with E-state index in [1.807, 2.05) is 0 Å². The van der Waals surface area contributed by atoms with Crippen LogP contribution in [-0.2, 0) is 0 Å². The van der Waals surface area contributed by atoms with Gasteiger partial charge in [-0.25, -0.2) is 0 Å². The minimum Gasteiger partial charge on any atom is -1.00 e. The van der Waals surface area contributed by atoms with Gasteiger partial charge in [0.05, 0.1) is 0 Å². The molecular formula is H3B3F12NaO-3. The van der Waals surface area contributed by atoms with Crippen molar-refractivity contribution in [1.82, 2.24) is 0 Å². The molecule has 0 spiro atoms. The molecule has 0 unspecified atom stereocenters. The van der Waals surface area contributed by atoms with Crippen molar-refractivity contribution in [3.63, 3.8) is 0 Å². The molecule has 0 aromatic heterocycles. The van der Waals surface area contributed by atoms with Crippen LogP contribution in [0.1, 0.15) is 1.43 Å². The second-order valence-electron chi connectivity index (χ2n) is 1.48. The van der Waals surface area contributed by atoms with Crippen LogP contribution in [0.25, 0.3) is 0 Å². The summed E-state index contributed by atoms with van der Waals surface area (Å²) in [4.78, 5) is 0. The standard InChI is InChI=1S/3BF4.Na.H2O.H/c3*2-1(3,4)5;;;/h;;;;1H2;/q3*-1;+1;;-1. The molecule has 17 heavy (non-hydrogen) atoms. The maximum absolute atomic E-state index is 9.75. The Balaban J connectivity index is -0.0000000277. The molecule has 0 aromatic carbocycles. The topological polar surface area (TPSA) is 31.5 Å². The van der Waals surface area contributed by atoms with Crippen LogP contribution in [0.15, 0.2) is 0 Å². The average molecular weight is 302 g/mol. The fraction of sp³-hybridized carbons (Fsp3) is 0. The summed E-state index contributed by atoms with van der Waals surface area (Å²) >= 11 is 0. The third kappa shape index (κ3) is 33700. The van der Waals surface area contributed by atoms with E-state index in [1.54, 1.807) is 0 Å². The van der Waals surface area contributed by atoms with Crippen LogP contribution in [-0.4, -0.2) is 27.2 Å². The molecule has 1 nitrogen and oxygen atoms in total. The van der Waals surface area contributed by atoms with Gasteiger partial charge in [0.1, 0.15) is 0 Å². The van der Waals surface area contributed by atoms with Crippen molar-refractivity contribution in [2.24, 2.45) is 0 Å². The molecule has 0 aliphatic rings. The molecule has 0 rings (SSSR count). The molecule has 106 valence electrons. The molecule has 0 bridgehead atoms. The van der Waals surface area contributed by atoms with Gasteiger partial charge >= 0.3 is 51.3 Å². The van der Waals surface area contributed by atoms with E-state index in [-0.39, 0.29) is 36.5 Å². The summed E-state index contributed by atoms with van der Waals surface area (Å²) in [6.45, 7) is 0. The molecule has 0 heterocycles. The van der Waals surface area contributed by atoms with Crippen molar-refractivity contribution < 1.29 is 88.2 Å². The minimum absolute atomic E-state index is 0. The van der Waals surface area contributed by atoms with Crippen LogP contribution in [0.5, 0.6) is 0 Å². The van der Waals surface area contributed by atoms with E-state index in [0.29, 0.717) is 0 Å². The summed E-state index contributed by atoms with van der Waals surface area (Å²) < 4.78 is 117. The molecule has 0 saturated heterocycles. The Bertz CT molecular complexity index is 102. The smallest absolute Gasteiger partial charge is 1.00 e. The SMILES string of the molecule is F[B-](F)(F)F.F[B-](F)(F)F.F[B-](F)(F)F.O.[H-].[Na+]. The van der Waals surface area contributed by atoms with E-state index in [2.05, 4.69) is 0 Å². The molecule has 0 fully saturated rings. The Hall–Kier alpha value is 0.315. The van der Waals surface area contributed by atoms with Gasteiger partial charge in [-0.3, -0.25) is 0 Å². The van der Waals surface area contributed by atoms with Crippen molar-refractivity contribution in [3.05, 3.63) is 0 Å². The van der Waals surface area contributed by atoms with Crippen LogP contribution in [0, 0.1) is 0 Å². The Labute approximate surface area is 110 Å². The zero-order chi connectivity index (χ0) is 13.5. The van der Waals surface area contributed by atoms with Crippen molar-refractivity contribution >= 4 is 21.8 Å². The van der Waals surface area contributed by atoms with Crippen LogP contribution >= 0.6 is 0 Å². The second-order valence-corrected chi connectivity index (χ2v) is 1.48. The molecule has 0 atom stereocenters. The first-order chi connectivity index (χ1) is 6.00. The fourth-order valence-corrected chi connectivity index (χ4v) is 0. The third-order valence-corrected chi connectivity index (χ3v) is 0. The summed E-state index contributed by atoms with van der Waals surface area (Å²) in [5, 5.41) is 0. The Morgan fingerprint density at radius 3 is 0.412 bits per heavy atom. The van der Waals surface area contributed by atoms with E-state index < -0.39 is 21.8 Å². The molecule has 2 N–H and O–H groups in total. The van der Waals surface area contributed by atoms with Gasteiger partial charge in [-0.2, -0.15) is 0 Å². The number of hydrogen-bond acceptors (Lipinski definition) is 0. The summed E-state index contributed by atoms with van der Waals surface area (Å²) in [7, 11) is -18.0. The van der Waals surface area contributed by atoms with Gasteiger partial charge < -0.3 is 58.7 Å². The first kappa shape index (κ1) is 30.4. The van der Waals surface area contributed by atoms with Crippen LogP contribution in [0.3, 0.4) is 0 Å². The van der Waals surface area contributed by atoms with Gasteiger partial charge in [0.25, 0.3) is 0 Å². The molecule has 0 amide bonds. The normalized spacial score (nSPS) is 10.6. The Morgan fingerprint density at radius 1 is 0.412 bits per heavy atom.